The molecule has 0 fully saturated rings. The fraction of sp³-hybridized carbons (Fsp3) is 0.300. The van der Waals surface area contributed by atoms with Crippen molar-refractivity contribution in [3.05, 3.63) is 53.3 Å². The van der Waals surface area contributed by atoms with Gasteiger partial charge >= 0.3 is 0 Å². The van der Waals surface area contributed by atoms with Gasteiger partial charge in [-0.05, 0) is 50.6 Å². The Morgan fingerprint density at radius 2 is 1.67 bits per heavy atom. The number of hydrogen-bond donors (Lipinski definition) is 1. The van der Waals surface area contributed by atoms with E-state index in [1.807, 2.05) is 20.8 Å². The van der Waals surface area contributed by atoms with Crippen molar-refractivity contribution in [2.45, 2.75) is 20.8 Å². The van der Waals surface area contributed by atoms with E-state index in [1.165, 1.54) is 18.3 Å². The Kier molecular flexibility index (Phi) is 7.61. The van der Waals surface area contributed by atoms with Crippen LogP contribution in [0.5, 0.6) is 17.2 Å². The first-order chi connectivity index (χ1) is 13.1. The van der Waals surface area contributed by atoms with Crippen LogP contribution >= 0.6 is 0 Å². The molecule has 0 atom stereocenters. The van der Waals surface area contributed by atoms with Crippen molar-refractivity contribution >= 4 is 12.1 Å². The fourth-order valence-electron chi connectivity index (χ4n) is 2.34. The number of nitrogens with zero attached hydrogens (tertiary/aromatic N) is 1. The van der Waals surface area contributed by atoms with Gasteiger partial charge in [0, 0.05) is 5.56 Å². The minimum atomic E-state index is -0.451. The van der Waals surface area contributed by atoms with Crippen molar-refractivity contribution in [3.8, 4) is 17.2 Å². The molecule has 0 spiro atoms. The van der Waals surface area contributed by atoms with Gasteiger partial charge in [-0.15, -0.1) is 0 Å². The molecule has 0 aliphatic heterocycles. The highest BCUT2D eigenvalue weighted by Crippen LogP contribution is 2.39. The summed E-state index contributed by atoms with van der Waals surface area (Å²) in [5.74, 6) is 0.474. The van der Waals surface area contributed by atoms with E-state index in [-0.39, 0.29) is 5.82 Å². The minimum Gasteiger partial charge on any atom is -0.490 e. The molecule has 2 aromatic rings. The number of ether oxygens (including phenoxy) is 3. The molecule has 0 radical (unpaired) electrons. The van der Waals surface area contributed by atoms with Gasteiger partial charge in [0.25, 0.3) is 5.91 Å². The van der Waals surface area contributed by atoms with Crippen molar-refractivity contribution in [2.75, 3.05) is 19.8 Å². The number of carbonyl (C=O) groups is 1. The maximum Gasteiger partial charge on any atom is 0.271 e. The van der Waals surface area contributed by atoms with E-state index >= 15 is 0 Å². The van der Waals surface area contributed by atoms with E-state index in [0.717, 1.165) is 0 Å². The van der Waals surface area contributed by atoms with Crippen molar-refractivity contribution < 1.29 is 23.4 Å². The van der Waals surface area contributed by atoms with Crippen LogP contribution in [0.4, 0.5) is 4.39 Å². The number of halogens is 1. The number of benzene rings is 2. The maximum absolute atomic E-state index is 13.2. The molecule has 1 N–H and O–H groups in total. The van der Waals surface area contributed by atoms with E-state index in [1.54, 1.807) is 24.3 Å². The SMILES string of the molecule is CCOc1cc(C(=O)N/N=C\c2cccc(F)c2)cc(OCC)c1OCC. The number of hydrazone groups is 1. The number of carbonyl (C=O) groups excluding carboxylic acids is 1. The first-order valence-electron chi connectivity index (χ1n) is 8.74. The number of rotatable bonds is 9. The van der Waals surface area contributed by atoms with E-state index in [0.29, 0.717) is 48.2 Å². The second-order valence-electron chi connectivity index (χ2n) is 5.35. The predicted octanol–water partition coefficient (Wildman–Crippen LogP) is 3.79. The average Bonchev–Trinajstić information content (AvgIpc) is 2.64. The second kappa shape index (κ2) is 10.2. The Morgan fingerprint density at radius 3 is 2.22 bits per heavy atom. The van der Waals surface area contributed by atoms with Gasteiger partial charge < -0.3 is 14.2 Å². The van der Waals surface area contributed by atoms with Gasteiger partial charge in [-0.3, -0.25) is 4.79 Å². The number of amides is 1. The van der Waals surface area contributed by atoms with E-state index < -0.39 is 5.91 Å². The smallest absolute Gasteiger partial charge is 0.271 e. The molecule has 0 bridgehead atoms. The summed E-state index contributed by atoms with van der Waals surface area (Å²) >= 11 is 0. The van der Waals surface area contributed by atoms with Crippen LogP contribution in [-0.4, -0.2) is 31.9 Å². The molecule has 0 aliphatic rings. The van der Waals surface area contributed by atoms with Crippen LogP contribution in [0, 0.1) is 5.82 Å². The lowest BCUT2D eigenvalue weighted by Gasteiger charge is -2.16. The monoisotopic (exact) mass is 374 g/mol. The normalized spacial score (nSPS) is 10.7. The van der Waals surface area contributed by atoms with Crippen LogP contribution in [0.2, 0.25) is 0 Å². The summed E-state index contributed by atoms with van der Waals surface area (Å²) in [6.45, 7) is 6.79. The minimum absolute atomic E-state index is 0.307. The molecule has 0 unspecified atom stereocenters. The van der Waals surface area contributed by atoms with Crippen LogP contribution in [0.3, 0.4) is 0 Å². The van der Waals surface area contributed by atoms with Crippen molar-refractivity contribution in [1.82, 2.24) is 5.43 Å². The molecule has 1 amide bonds. The Morgan fingerprint density at radius 1 is 1.04 bits per heavy atom. The fourth-order valence-corrected chi connectivity index (χ4v) is 2.34. The third-order valence-electron chi connectivity index (χ3n) is 3.40. The Hall–Kier alpha value is -3.09. The lowest BCUT2D eigenvalue weighted by atomic mass is 10.1. The average molecular weight is 374 g/mol. The Labute approximate surface area is 157 Å². The molecule has 2 rings (SSSR count). The molecular formula is C20H23FN2O4. The molecule has 6 nitrogen and oxygen atoms in total. The van der Waals surface area contributed by atoms with Gasteiger partial charge in [-0.25, -0.2) is 9.82 Å². The zero-order valence-electron chi connectivity index (χ0n) is 15.6. The van der Waals surface area contributed by atoms with Gasteiger partial charge in [0.1, 0.15) is 5.82 Å². The van der Waals surface area contributed by atoms with Gasteiger partial charge in [-0.2, -0.15) is 5.10 Å². The maximum atomic E-state index is 13.2. The van der Waals surface area contributed by atoms with Crippen LogP contribution in [0.15, 0.2) is 41.5 Å². The zero-order chi connectivity index (χ0) is 19.6. The Balaban J connectivity index is 2.23. The highest BCUT2D eigenvalue weighted by atomic mass is 19.1. The first-order valence-corrected chi connectivity index (χ1v) is 8.74. The van der Waals surface area contributed by atoms with Crippen LogP contribution in [-0.2, 0) is 0 Å². The van der Waals surface area contributed by atoms with Crippen LogP contribution in [0.1, 0.15) is 36.7 Å². The van der Waals surface area contributed by atoms with Gasteiger partial charge in [0.15, 0.2) is 11.5 Å². The Bertz CT molecular complexity index is 781. The summed E-state index contributed by atoms with van der Waals surface area (Å²) in [5, 5.41) is 3.87. The van der Waals surface area contributed by atoms with Crippen molar-refractivity contribution in [3.63, 3.8) is 0 Å². The molecule has 0 heterocycles. The van der Waals surface area contributed by atoms with Crippen LogP contribution in [0.25, 0.3) is 0 Å². The highest BCUT2D eigenvalue weighted by Gasteiger charge is 2.18. The van der Waals surface area contributed by atoms with Gasteiger partial charge in [0.2, 0.25) is 5.75 Å². The van der Waals surface area contributed by atoms with E-state index in [4.69, 9.17) is 14.2 Å². The lowest BCUT2D eigenvalue weighted by Crippen LogP contribution is -2.18. The summed E-state index contributed by atoms with van der Waals surface area (Å²) in [6, 6.07) is 9.03. The molecule has 0 saturated carbocycles. The summed E-state index contributed by atoms with van der Waals surface area (Å²) in [6.07, 6.45) is 1.36. The molecule has 0 aromatic heterocycles. The molecule has 0 aliphatic carbocycles. The van der Waals surface area contributed by atoms with Crippen molar-refractivity contribution in [2.24, 2.45) is 5.10 Å². The largest absolute Gasteiger partial charge is 0.490 e. The van der Waals surface area contributed by atoms with Gasteiger partial charge in [0.05, 0.1) is 26.0 Å². The molecule has 2 aromatic carbocycles. The summed E-state index contributed by atoms with van der Waals surface area (Å²) in [5.41, 5.74) is 3.25. The van der Waals surface area contributed by atoms with Crippen LogP contribution < -0.4 is 19.6 Å². The predicted molar refractivity (Wildman–Crippen MR) is 101 cm³/mol. The quantitative estimate of drug-likeness (QED) is 0.536. The van der Waals surface area contributed by atoms with Crippen molar-refractivity contribution in [1.29, 1.82) is 0 Å². The highest BCUT2D eigenvalue weighted by molar-refractivity contribution is 5.96. The topological polar surface area (TPSA) is 69.2 Å². The lowest BCUT2D eigenvalue weighted by molar-refractivity contribution is 0.0954. The first kappa shape index (κ1) is 20.2. The molecule has 0 saturated heterocycles. The summed E-state index contributed by atoms with van der Waals surface area (Å²) in [4.78, 5) is 12.4. The van der Waals surface area contributed by atoms with Gasteiger partial charge in [-0.1, -0.05) is 12.1 Å². The number of nitrogens with one attached hydrogen (secondary N) is 1. The molecule has 144 valence electrons. The standard InChI is InChI=1S/C20H23FN2O4/c1-4-25-17-11-15(12-18(26-5-2)19(17)27-6-3)20(24)23-22-13-14-8-7-9-16(21)10-14/h7-13H,4-6H2,1-3H3,(H,23,24)/b22-13-. The molecule has 7 heteroatoms. The van der Waals surface area contributed by atoms with E-state index in [9.17, 15) is 9.18 Å². The third-order valence-corrected chi connectivity index (χ3v) is 3.40. The van der Waals surface area contributed by atoms with E-state index in [2.05, 4.69) is 10.5 Å². The molecular weight excluding hydrogens is 351 g/mol. The summed E-state index contributed by atoms with van der Waals surface area (Å²) < 4.78 is 30.0. The zero-order valence-corrected chi connectivity index (χ0v) is 15.6. The second-order valence-corrected chi connectivity index (χ2v) is 5.35. The molecule has 27 heavy (non-hydrogen) atoms. The number of hydrogen-bond acceptors (Lipinski definition) is 5. The summed E-state index contributed by atoms with van der Waals surface area (Å²) in [7, 11) is 0. The third kappa shape index (κ3) is 5.70.